The van der Waals surface area contributed by atoms with Crippen molar-refractivity contribution in [2.75, 3.05) is 32.7 Å². The predicted octanol–water partition coefficient (Wildman–Crippen LogP) is 1.80. The molecule has 4 amide bonds. The van der Waals surface area contributed by atoms with E-state index in [-0.39, 0.29) is 54.9 Å². The maximum atomic E-state index is 13.5. The van der Waals surface area contributed by atoms with Crippen molar-refractivity contribution < 1.29 is 27.2 Å². The molecule has 0 unspecified atom stereocenters. The maximum absolute atomic E-state index is 13.5. The molecule has 0 radical (unpaired) electrons. The summed E-state index contributed by atoms with van der Waals surface area (Å²) in [6, 6.07) is 4.24. The van der Waals surface area contributed by atoms with Crippen LogP contribution >= 0.6 is 0 Å². The smallest absolute Gasteiger partial charge is 0.325 e. The molecule has 2 heterocycles. The van der Waals surface area contributed by atoms with Crippen molar-refractivity contribution in [3.05, 3.63) is 30.1 Å². The third kappa shape index (κ3) is 4.55. The lowest BCUT2D eigenvalue weighted by molar-refractivity contribution is -0.141. The zero-order chi connectivity index (χ0) is 24.9. The molecule has 2 saturated heterocycles. The summed E-state index contributed by atoms with van der Waals surface area (Å²) < 4.78 is 40.3. The van der Waals surface area contributed by atoms with Crippen LogP contribution in [0.1, 0.15) is 40.0 Å². The minimum absolute atomic E-state index is 0.0420. The van der Waals surface area contributed by atoms with Gasteiger partial charge in [-0.25, -0.2) is 17.6 Å². The van der Waals surface area contributed by atoms with Gasteiger partial charge in [-0.15, -0.1) is 0 Å². The Hall–Kier alpha value is -2.53. The minimum Gasteiger partial charge on any atom is -0.338 e. The van der Waals surface area contributed by atoms with Gasteiger partial charge in [0, 0.05) is 26.2 Å². The van der Waals surface area contributed by atoms with E-state index >= 15 is 0 Å². The molecule has 2 atom stereocenters. The molecule has 34 heavy (non-hydrogen) atoms. The SMILES string of the molecule is C[C@H]1CC(C)(C)C[C@]2(C1)NC(=O)N(CC(=O)N1CCN(S(=O)(=O)c3cccc(F)c3)CC1)C2=O. The number of hydrogen-bond donors (Lipinski definition) is 1. The highest BCUT2D eigenvalue weighted by molar-refractivity contribution is 7.89. The van der Waals surface area contributed by atoms with E-state index in [2.05, 4.69) is 26.1 Å². The number of halogens is 1. The number of benzene rings is 1. The second-order valence-corrected chi connectivity index (χ2v) is 12.4. The van der Waals surface area contributed by atoms with E-state index in [1.54, 1.807) is 0 Å². The molecule has 1 saturated carbocycles. The topological polar surface area (TPSA) is 107 Å². The Morgan fingerprint density at radius 2 is 1.82 bits per heavy atom. The third-order valence-corrected chi connectivity index (χ3v) is 8.84. The Bertz CT molecular complexity index is 1120. The van der Waals surface area contributed by atoms with Gasteiger partial charge in [0.15, 0.2) is 0 Å². The molecule has 1 aliphatic carbocycles. The first kappa shape index (κ1) is 24.6. The van der Waals surface area contributed by atoms with Gasteiger partial charge in [-0.2, -0.15) is 4.31 Å². The van der Waals surface area contributed by atoms with E-state index in [9.17, 15) is 27.2 Å². The van der Waals surface area contributed by atoms with Crippen molar-refractivity contribution >= 4 is 27.9 Å². The molecule has 3 aliphatic rings. The number of carbonyl (C=O) groups excluding carboxylic acids is 3. The number of nitrogens with zero attached hydrogens (tertiary/aromatic N) is 3. The first-order valence-corrected chi connectivity index (χ1v) is 12.9. The molecule has 9 nitrogen and oxygen atoms in total. The molecule has 3 fully saturated rings. The number of sulfonamides is 1. The van der Waals surface area contributed by atoms with Crippen LogP contribution in [0.5, 0.6) is 0 Å². The molecule has 0 bridgehead atoms. The fourth-order valence-electron chi connectivity index (χ4n) is 5.84. The van der Waals surface area contributed by atoms with Crippen LogP contribution in [-0.4, -0.2) is 78.6 Å². The van der Waals surface area contributed by atoms with Gasteiger partial charge in [-0.05, 0) is 48.8 Å². The van der Waals surface area contributed by atoms with Gasteiger partial charge in [0.2, 0.25) is 15.9 Å². The third-order valence-electron chi connectivity index (χ3n) is 6.94. The van der Waals surface area contributed by atoms with Crippen molar-refractivity contribution in [1.82, 2.24) is 19.4 Å². The molecule has 1 spiro atoms. The molecule has 2 aliphatic heterocycles. The average Bonchev–Trinajstić information content (AvgIpc) is 2.95. The molecule has 1 N–H and O–H groups in total. The van der Waals surface area contributed by atoms with Crippen LogP contribution in [0.3, 0.4) is 0 Å². The van der Waals surface area contributed by atoms with E-state index in [4.69, 9.17) is 0 Å². The van der Waals surface area contributed by atoms with E-state index in [1.165, 1.54) is 27.4 Å². The summed E-state index contributed by atoms with van der Waals surface area (Å²) in [6.45, 7) is 6.16. The number of hydrogen-bond acceptors (Lipinski definition) is 5. The minimum atomic E-state index is -3.88. The molecule has 11 heteroatoms. The molecule has 0 aromatic heterocycles. The largest absolute Gasteiger partial charge is 0.338 e. The van der Waals surface area contributed by atoms with Gasteiger partial charge >= 0.3 is 6.03 Å². The summed E-state index contributed by atoms with van der Waals surface area (Å²) in [6.07, 6.45) is 2.03. The van der Waals surface area contributed by atoms with Crippen LogP contribution in [0.4, 0.5) is 9.18 Å². The zero-order valence-electron chi connectivity index (χ0n) is 19.7. The number of urea groups is 1. The number of piperazine rings is 1. The van der Waals surface area contributed by atoms with Crippen molar-refractivity contribution in [1.29, 1.82) is 0 Å². The summed E-state index contributed by atoms with van der Waals surface area (Å²) in [7, 11) is -3.88. The quantitative estimate of drug-likeness (QED) is 0.643. The number of imide groups is 1. The monoisotopic (exact) mass is 494 g/mol. The van der Waals surface area contributed by atoms with Crippen molar-refractivity contribution in [3.63, 3.8) is 0 Å². The van der Waals surface area contributed by atoms with Crippen LogP contribution in [0.25, 0.3) is 0 Å². The summed E-state index contributed by atoms with van der Waals surface area (Å²) in [4.78, 5) is 41.2. The molecular weight excluding hydrogens is 463 g/mol. The highest BCUT2D eigenvalue weighted by atomic mass is 32.2. The van der Waals surface area contributed by atoms with Crippen LogP contribution in [0.2, 0.25) is 0 Å². The molecule has 1 aromatic carbocycles. The fourth-order valence-corrected chi connectivity index (χ4v) is 7.29. The Kier molecular flexibility index (Phi) is 6.22. The van der Waals surface area contributed by atoms with Gasteiger partial charge in [0.25, 0.3) is 5.91 Å². The second-order valence-electron chi connectivity index (χ2n) is 10.5. The van der Waals surface area contributed by atoms with Crippen molar-refractivity contribution in [2.45, 2.75) is 50.5 Å². The summed E-state index contributed by atoms with van der Waals surface area (Å²) in [5.74, 6) is -1.15. The lowest BCUT2D eigenvalue weighted by atomic mass is 9.64. The summed E-state index contributed by atoms with van der Waals surface area (Å²) in [5, 5.41) is 2.86. The van der Waals surface area contributed by atoms with E-state index in [0.29, 0.717) is 12.8 Å². The maximum Gasteiger partial charge on any atom is 0.325 e. The standard InChI is InChI=1S/C23H31FN4O5S/c1-16-12-22(2,3)15-23(13-16)20(30)28(21(31)25-23)14-19(29)26-7-9-27(10-8-26)34(32,33)18-6-4-5-17(24)11-18/h4-6,11,16H,7-10,12-15H2,1-3H3,(H,25,31)/t16-,23-/m0/s1. The summed E-state index contributed by atoms with van der Waals surface area (Å²) >= 11 is 0. The highest BCUT2D eigenvalue weighted by Crippen LogP contribution is 2.46. The average molecular weight is 495 g/mol. The van der Waals surface area contributed by atoms with Gasteiger partial charge in [0.1, 0.15) is 17.9 Å². The lowest BCUT2D eigenvalue weighted by Gasteiger charge is -2.43. The molecular formula is C23H31FN4O5S. The first-order chi connectivity index (χ1) is 15.8. The Balaban J connectivity index is 1.39. The van der Waals surface area contributed by atoms with Crippen molar-refractivity contribution in [2.24, 2.45) is 11.3 Å². The summed E-state index contributed by atoms with van der Waals surface area (Å²) in [5.41, 5.74) is -1.08. The van der Waals surface area contributed by atoms with Gasteiger partial charge in [0.05, 0.1) is 4.90 Å². The van der Waals surface area contributed by atoms with E-state index < -0.39 is 33.3 Å². The normalized spacial score (nSPS) is 27.8. The first-order valence-electron chi connectivity index (χ1n) is 11.5. The number of amides is 4. The van der Waals surface area contributed by atoms with Crippen LogP contribution in [0.15, 0.2) is 29.2 Å². The molecule has 4 rings (SSSR count). The van der Waals surface area contributed by atoms with Crippen LogP contribution in [0, 0.1) is 17.2 Å². The van der Waals surface area contributed by atoms with Gasteiger partial charge < -0.3 is 10.2 Å². The van der Waals surface area contributed by atoms with Crippen LogP contribution in [-0.2, 0) is 19.6 Å². The van der Waals surface area contributed by atoms with Crippen molar-refractivity contribution in [3.8, 4) is 0 Å². The lowest BCUT2D eigenvalue weighted by Crippen LogP contribution is -2.55. The van der Waals surface area contributed by atoms with Gasteiger partial charge in [-0.3, -0.25) is 14.5 Å². The fraction of sp³-hybridized carbons (Fsp3) is 0.609. The van der Waals surface area contributed by atoms with Gasteiger partial charge in [-0.1, -0.05) is 26.8 Å². The Morgan fingerprint density at radius 1 is 1.15 bits per heavy atom. The number of rotatable bonds is 4. The molecule has 1 aromatic rings. The number of nitrogens with one attached hydrogen (secondary N) is 1. The second kappa shape index (κ2) is 8.60. The Morgan fingerprint density at radius 3 is 2.44 bits per heavy atom. The van der Waals surface area contributed by atoms with E-state index in [1.807, 2.05) is 0 Å². The van der Waals surface area contributed by atoms with Crippen LogP contribution < -0.4 is 5.32 Å². The highest BCUT2D eigenvalue weighted by Gasteiger charge is 2.56. The molecule has 186 valence electrons. The van der Waals surface area contributed by atoms with E-state index in [0.717, 1.165) is 17.4 Å². The predicted molar refractivity (Wildman–Crippen MR) is 122 cm³/mol. The number of carbonyl (C=O) groups is 3. The zero-order valence-corrected chi connectivity index (χ0v) is 20.5. The Labute approximate surface area is 199 Å².